The standard InChI is InChI=1S/C16H25Br2O8P/c1-11(2)15(19)23-7-5-13(17)9-25-27(21,22)26-10-14(18)6-8-24-16(20)12(3)4/h13-14H,1,3,5-10H2,2,4H3,(H,21,22). The molecule has 0 aromatic rings. The average molecular weight is 536 g/mol. The van der Waals surface area contributed by atoms with Crippen LogP contribution in [0.5, 0.6) is 0 Å². The first-order chi connectivity index (χ1) is 12.4. The van der Waals surface area contributed by atoms with Gasteiger partial charge in [-0.15, -0.1) is 0 Å². The Morgan fingerprint density at radius 1 is 0.926 bits per heavy atom. The maximum absolute atomic E-state index is 11.8. The largest absolute Gasteiger partial charge is 0.472 e. The number of esters is 2. The third-order valence-electron chi connectivity index (χ3n) is 2.86. The second-order valence-electron chi connectivity index (χ2n) is 5.66. The van der Waals surface area contributed by atoms with E-state index in [0.29, 0.717) is 24.0 Å². The fraction of sp³-hybridized carbons (Fsp3) is 0.625. The van der Waals surface area contributed by atoms with Crippen LogP contribution in [0.15, 0.2) is 24.3 Å². The lowest BCUT2D eigenvalue weighted by atomic mass is 10.3. The zero-order valence-electron chi connectivity index (χ0n) is 15.3. The van der Waals surface area contributed by atoms with Crippen LogP contribution in [-0.2, 0) is 32.7 Å². The number of ether oxygens (including phenoxy) is 2. The van der Waals surface area contributed by atoms with Gasteiger partial charge in [0.15, 0.2) is 0 Å². The molecule has 0 spiro atoms. The number of rotatable bonds is 14. The first kappa shape index (κ1) is 26.5. The minimum Gasteiger partial charge on any atom is -0.462 e. The molecule has 0 rings (SSSR count). The van der Waals surface area contributed by atoms with Crippen LogP contribution in [0.4, 0.5) is 0 Å². The van der Waals surface area contributed by atoms with Crippen molar-refractivity contribution in [2.75, 3.05) is 26.4 Å². The molecule has 0 aromatic heterocycles. The molecule has 0 fully saturated rings. The molecular formula is C16H25Br2O8P. The fourth-order valence-corrected chi connectivity index (χ4v) is 3.22. The molecule has 0 aliphatic carbocycles. The molecule has 0 radical (unpaired) electrons. The summed E-state index contributed by atoms with van der Waals surface area (Å²) in [5, 5.41) is 0. The van der Waals surface area contributed by atoms with Crippen molar-refractivity contribution in [1.29, 1.82) is 0 Å². The Morgan fingerprint density at radius 3 is 1.56 bits per heavy atom. The summed E-state index contributed by atoms with van der Waals surface area (Å²) in [7, 11) is -4.24. The number of carbonyl (C=O) groups excluding carboxylic acids is 2. The Balaban J connectivity index is 3.99. The highest BCUT2D eigenvalue weighted by atomic mass is 79.9. The summed E-state index contributed by atoms with van der Waals surface area (Å²) in [5.74, 6) is -0.992. The molecule has 1 N–H and O–H groups in total. The van der Waals surface area contributed by atoms with Crippen molar-refractivity contribution in [2.45, 2.75) is 36.3 Å². The highest BCUT2D eigenvalue weighted by Crippen LogP contribution is 2.44. The number of hydrogen-bond acceptors (Lipinski definition) is 7. The minimum absolute atomic E-state index is 0.110. The second kappa shape index (κ2) is 13.6. The van der Waals surface area contributed by atoms with Gasteiger partial charge >= 0.3 is 19.8 Å². The van der Waals surface area contributed by atoms with Crippen LogP contribution in [0.3, 0.4) is 0 Å². The molecule has 0 heterocycles. The van der Waals surface area contributed by atoms with Crippen LogP contribution < -0.4 is 0 Å². The average Bonchev–Trinajstić information content (AvgIpc) is 2.58. The Hall–Kier alpha value is -0.510. The number of phosphoric acid groups is 1. The summed E-state index contributed by atoms with van der Waals surface area (Å²) in [6.07, 6.45) is 0.766. The lowest BCUT2D eigenvalue weighted by Gasteiger charge is -2.17. The van der Waals surface area contributed by atoms with Gasteiger partial charge in [0.05, 0.1) is 26.4 Å². The monoisotopic (exact) mass is 534 g/mol. The lowest BCUT2D eigenvalue weighted by molar-refractivity contribution is -0.139. The Labute approximate surface area is 176 Å². The van der Waals surface area contributed by atoms with Crippen molar-refractivity contribution in [3.63, 3.8) is 0 Å². The van der Waals surface area contributed by atoms with E-state index in [1.54, 1.807) is 0 Å². The van der Waals surface area contributed by atoms with E-state index in [4.69, 9.17) is 18.5 Å². The van der Waals surface area contributed by atoms with Gasteiger partial charge in [0, 0.05) is 20.8 Å². The number of hydrogen-bond donors (Lipinski definition) is 1. The van der Waals surface area contributed by atoms with Gasteiger partial charge in [-0.25, -0.2) is 14.2 Å². The van der Waals surface area contributed by atoms with Crippen LogP contribution in [0, 0.1) is 0 Å². The summed E-state index contributed by atoms with van der Waals surface area (Å²) in [4.78, 5) is 31.5. The molecule has 11 heteroatoms. The molecule has 0 aliphatic rings. The van der Waals surface area contributed by atoms with Crippen LogP contribution >= 0.6 is 39.7 Å². The number of carbonyl (C=O) groups is 2. The third-order valence-corrected chi connectivity index (χ3v) is 5.26. The summed E-state index contributed by atoms with van der Waals surface area (Å²) >= 11 is 6.53. The maximum Gasteiger partial charge on any atom is 0.472 e. The molecule has 2 atom stereocenters. The highest BCUT2D eigenvalue weighted by molar-refractivity contribution is 9.09. The van der Waals surface area contributed by atoms with Gasteiger partial charge in [-0.3, -0.25) is 9.05 Å². The van der Waals surface area contributed by atoms with Crippen molar-refractivity contribution in [3.8, 4) is 0 Å². The van der Waals surface area contributed by atoms with Crippen LogP contribution in [-0.4, -0.2) is 52.9 Å². The zero-order chi connectivity index (χ0) is 21.0. The molecule has 0 aromatic carbocycles. The topological polar surface area (TPSA) is 108 Å². The van der Waals surface area contributed by atoms with E-state index in [-0.39, 0.29) is 36.1 Å². The molecule has 2 unspecified atom stereocenters. The quantitative estimate of drug-likeness (QED) is 0.155. The molecule has 0 amide bonds. The van der Waals surface area contributed by atoms with Gasteiger partial charge in [0.25, 0.3) is 0 Å². The summed E-state index contributed by atoms with van der Waals surface area (Å²) in [5.41, 5.74) is 0.591. The van der Waals surface area contributed by atoms with Gasteiger partial charge in [-0.2, -0.15) is 0 Å². The molecule has 0 bridgehead atoms. The first-order valence-corrected chi connectivity index (χ1v) is 11.3. The molecule has 0 saturated heterocycles. The minimum atomic E-state index is -4.24. The second-order valence-corrected chi connectivity index (χ2v) is 9.71. The van der Waals surface area contributed by atoms with E-state index < -0.39 is 19.8 Å². The summed E-state index contributed by atoms with van der Waals surface area (Å²) in [6, 6.07) is 0. The van der Waals surface area contributed by atoms with E-state index in [1.807, 2.05) is 0 Å². The predicted molar refractivity (Wildman–Crippen MR) is 108 cm³/mol. The smallest absolute Gasteiger partial charge is 0.462 e. The highest BCUT2D eigenvalue weighted by Gasteiger charge is 2.24. The Morgan fingerprint density at radius 2 is 1.26 bits per heavy atom. The van der Waals surface area contributed by atoms with Crippen molar-refractivity contribution in [2.24, 2.45) is 0 Å². The first-order valence-electron chi connectivity index (χ1n) is 8.00. The van der Waals surface area contributed by atoms with Gasteiger partial charge in [-0.05, 0) is 26.7 Å². The molecule has 27 heavy (non-hydrogen) atoms. The van der Waals surface area contributed by atoms with Crippen LogP contribution in [0.2, 0.25) is 0 Å². The van der Waals surface area contributed by atoms with Gasteiger partial charge in [0.2, 0.25) is 0 Å². The van der Waals surface area contributed by atoms with Crippen molar-refractivity contribution >= 4 is 51.6 Å². The molecule has 8 nitrogen and oxygen atoms in total. The van der Waals surface area contributed by atoms with E-state index in [1.165, 1.54) is 13.8 Å². The summed E-state index contributed by atoms with van der Waals surface area (Å²) in [6.45, 7) is 10.0. The number of halogens is 2. The zero-order valence-corrected chi connectivity index (χ0v) is 19.4. The van der Waals surface area contributed by atoms with Crippen molar-refractivity contribution < 1.29 is 37.6 Å². The summed E-state index contributed by atoms with van der Waals surface area (Å²) < 4.78 is 31.5. The lowest BCUT2D eigenvalue weighted by Crippen LogP contribution is -2.16. The Bertz CT molecular complexity index is 535. The third kappa shape index (κ3) is 14.2. The Kier molecular flexibility index (Phi) is 13.4. The van der Waals surface area contributed by atoms with E-state index in [9.17, 15) is 19.0 Å². The fourth-order valence-electron chi connectivity index (χ4n) is 1.36. The molecule has 0 aliphatic heterocycles. The normalized spacial score (nSPS) is 15.3. The molecular weight excluding hydrogens is 511 g/mol. The van der Waals surface area contributed by atoms with Gasteiger partial charge in [0.1, 0.15) is 0 Å². The molecule has 0 saturated carbocycles. The van der Waals surface area contributed by atoms with Crippen molar-refractivity contribution in [1.82, 2.24) is 0 Å². The van der Waals surface area contributed by atoms with Gasteiger partial charge in [-0.1, -0.05) is 45.0 Å². The molecule has 156 valence electrons. The predicted octanol–water partition coefficient (Wildman–Crippen LogP) is 3.67. The van der Waals surface area contributed by atoms with Crippen molar-refractivity contribution in [3.05, 3.63) is 24.3 Å². The maximum atomic E-state index is 11.8. The van der Waals surface area contributed by atoms with E-state index >= 15 is 0 Å². The SMILES string of the molecule is C=C(C)C(=O)OCCC(Br)COP(=O)(O)OCC(Br)CCOC(=O)C(=C)C. The van der Waals surface area contributed by atoms with Crippen LogP contribution in [0.25, 0.3) is 0 Å². The van der Waals surface area contributed by atoms with E-state index in [2.05, 4.69) is 45.0 Å². The van der Waals surface area contributed by atoms with E-state index in [0.717, 1.165) is 0 Å². The van der Waals surface area contributed by atoms with Gasteiger partial charge < -0.3 is 14.4 Å². The number of alkyl halides is 2. The van der Waals surface area contributed by atoms with Crippen LogP contribution in [0.1, 0.15) is 26.7 Å². The number of phosphoric ester groups is 1.